The van der Waals surface area contributed by atoms with Crippen molar-refractivity contribution in [1.29, 1.82) is 0 Å². The number of rotatable bonds is 4. The number of carbonyl (C=O) groups excluding carboxylic acids is 1. The average Bonchev–Trinajstić information content (AvgIpc) is 2.85. The van der Waals surface area contributed by atoms with E-state index in [9.17, 15) is 9.18 Å². The number of benzene rings is 1. The largest absolute Gasteiger partial charge is 0.444 e. The molecule has 1 aromatic heterocycles. The Balaban J connectivity index is 2.20. The van der Waals surface area contributed by atoms with Gasteiger partial charge in [-0.25, -0.2) is 4.39 Å². The third kappa shape index (κ3) is 3.49. The van der Waals surface area contributed by atoms with Crippen molar-refractivity contribution in [2.45, 2.75) is 13.5 Å². The number of halogens is 3. The van der Waals surface area contributed by atoms with Crippen LogP contribution in [0.5, 0.6) is 0 Å². The first-order valence-corrected chi connectivity index (χ1v) is 7.58. The number of hydrogen-bond acceptors (Lipinski definition) is 2. The van der Waals surface area contributed by atoms with Crippen molar-refractivity contribution >= 4 is 37.8 Å². The fourth-order valence-electron chi connectivity index (χ4n) is 1.78. The number of amides is 1. The van der Waals surface area contributed by atoms with Crippen LogP contribution in [0.25, 0.3) is 0 Å². The molecule has 0 bridgehead atoms. The number of furan rings is 1. The van der Waals surface area contributed by atoms with Crippen LogP contribution >= 0.6 is 31.9 Å². The lowest BCUT2D eigenvalue weighted by Gasteiger charge is -2.20. The molecule has 0 saturated heterocycles. The Morgan fingerprint density at radius 3 is 2.65 bits per heavy atom. The predicted octanol–water partition coefficient (Wildman–Crippen LogP) is 4.61. The van der Waals surface area contributed by atoms with Crippen LogP contribution in [0.15, 0.2) is 43.9 Å². The van der Waals surface area contributed by atoms with Crippen LogP contribution in [-0.4, -0.2) is 17.4 Å². The number of carbonyl (C=O) groups is 1. The molecule has 2 rings (SSSR count). The maximum Gasteiger partial charge on any atom is 0.289 e. The van der Waals surface area contributed by atoms with E-state index < -0.39 is 0 Å². The van der Waals surface area contributed by atoms with Gasteiger partial charge < -0.3 is 9.32 Å². The summed E-state index contributed by atoms with van der Waals surface area (Å²) in [6, 6.07) is 7.91. The van der Waals surface area contributed by atoms with Crippen LogP contribution in [0, 0.1) is 5.82 Å². The zero-order valence-corrected chi connectivity index (χ0v) is 13.9. The summed E-state index contributed by atoms with van der Waals surface area (Å²) in [5.41, 5.74) is 0.459. The summed E-state index contributed by atoms with van der Waals surface area (Å²) in [5, 5.41) is 0. The van der Waals surface area contributed by atoms with E-state index >= 15 is 0 Å². The summed E-state index contributed by atoms with van der Waals surface area (Å²) in [6.07, 6.45) is 0. The van der Waals surface area contributed by atoms with Gasteiger partial charge >= 0.3 is 0 Å². The van der Waals surface area contributed by atoms with Crippen molar-refractivity contribution < 1.29 is 13.6 Å². The minimum atomic E-state index is -0.333. The first kappa shape index (κ1) is 15.3. The normalized spacial score (nSPS) is 10.6. The Bertz CT molecular complexity index is 627. The van der Waals surface area contributed by atoms with Crippen molar-refractivity contribution in [3.05, 3.63) is 56.6 Å². The highest BCUT2D eigenvalue weighted by atomic mass is 79.9. The topological polar surface area (TPSA) is 33.5 Å². The SMILES string of the molecule is CCN(Cc1cc(Br)ccc1F)C(=O)c1ccc(Br)o1. The molecule has 0 spiro atoms. The summed E-state index contributed by atoms with van der Waals surface area (Å²) in [5.74, 6) is -0.369. The van der Waals surface area contributed by atoms with E-state index in [-0.39, 0.29) is 24.0 Å². The van der Waals surface area contributed by atoms with E-state index in [2.05, 4.69) is 31.9 Å². The van der Waals surface area contributed by atoms with Crippen molar-refractivity contribution in [2.24, 2.45) is 0 Å². The molecule has 0 atom stereocenters. The van der Waals surface area contributed by atoms with Crippen LogP contribution < -0.4 is 0 Å². The van der Waals surface area contributed by atoms with Gasteiger partial charge in [-0.1, -0.05) is 15.9 Å². The zero-order chi connectivity index (χ0) is 14.7. The van der Waals surface area contributed by atoms with E-state index in [1.54, 1.807) is 24.3 Å². The molecule has 0 aliphatic carbocycles. The van der Waals surface area contributed by atoms with Gasteiger partial charge in [0.1, 0.15) is 5.82 Å². The van der Waals surface area contributed by atoms with Gasteiger partial charge in [0, 0.05) is 23.1 Å². The molecule has 0 aliphatic heterocycles. The average molecular weight is 405 g/mol. The summed E-state index contributed by atoms with van der Waals surface area (Å²) in [4.78, 5) is 13.8. The molecule has 0 N–H and O–H groups in total. The second kappa shape index (κ2) is 6.54. The fourth-order valence-corrected chi connectivity index (χ4v) is 2.50. The third-order valence-electron chi connectivity index (χ3n) is 2.82. The van der Waals surface area contributed by atoms with Crippen LogP contribution in [0.2, 0.25) is 0 Å². The second-order valence-corrected chi connectivity index (χ2v) is 5.86. The smallest absolute Gasteiger partial charge is 0.289 e. The second-order valence-electron chi connectivity index (χ2n) is 4.16. The molecule has 1 heterocycles. The van der Waals surface area contributed by atoms with Crippen LogP contribution in [-0.2, 0) is 6.54 Å². The van der Waals surface area contributed by atoms with Gasteiger partial charge in [0.15, 0.2) is 10.4 Å². The van der Waals surface area contributed by atoms with E-state index in [1.165, 1.54) is 11.0 Å². The van der Waals surface area contributed by atoms with E-state index in [1.807, 2.05) is 6.92 Å². The molecule has 106 valence electrons. The van der Waals surface area contributed by atoms with Gasteiger partial charge in [-0.15, -0.1) is 0 Å². The Hall–Kier alpha value is -1.14. The summed E-state index contributed by atoms with van der Waals surface area (Å²) in [6.45, 7) is 2.49. The molecule has 6 heteroatoms. The van der Waals surface area contributed by atoms with Gasteiger partial charge in [-0.2, -0.15) is 0 Å². The van der Waals surface area contributed by atoms with Crippen molar-refractivity contribution in [3.63, 3.8) is 0 Å². The fraction of sp³-hybridized carbons (Fsp3) is 0.214. The monoisotopic (exact) mass is 403 g/mol. The lowest BCUT2D eigenvalue weighted by molar-refractivity contribution is 0.0717. The van der Waals surface area contributed by atoms with Gasteiger partial charge in [-0.3, -0.25) is 4.79 Å². The minimum Gasteiger partial charge on any atom is -0.444 e. The maximum atomic E-state index is 13.7. The van der Waals surface area contributed by atoms with Crippen LogP contribution in [0.4, 0.5) is 4.39 Å². The van der Waals surface area contributed by atoms with E-state index in [0.717, 1.165) is 4.47 Å². The molecule has 1 amide bonds. The van der Waals surface area contributed by atoms with Gasteiger partial charge in [0.05, 0.1) is 0 Å². The molecule has 0 aliphatic rings. The van der Waals surface area contributed by atoms with Crippen molar-refractivity contribution in [1.82, 2.24) is 4.90 Å². The number of nitrogens with zero attached hydrogens (tertiary/aromatic N) is 1. The molecule has 0 radical (unpaired) electrons. The minimum absolute atomic E-state index is 0.193. The highest BCUT2D eigenvalue weighted by Crippen LogP contribution is 2.20. The lowest BCUT2D eigenvalue weighted by atomic mass is 10.2. The van der Waals surface area contributed by atoms with Gasteiger partial charge in [0.2, 0.25) is 0 Å². The highest BCUT2D eigenvalue weighted by Gasteiger charge is 2.19. The summed E-state index contributed by atoms with van der Waals surface area (Å²) >= 11 is 6.45. The molecule has 2 aromatic rings. The summed E-state index contributed by atoms with van der Waals surface area (Å²) < 4.78 is 20.3. The van der Waals surface area contributed by atoms with Crippen LogP contribution in [0.3, 0.4) is 0 Å². The lowest BCUT2D eigenvalue weighted by Crippen LogP contribution is -2.30. The molecular formula is C14H12Br2FNO2. The molecule has 0 unspecified atom stereocenters. The number of hydrogen-bond donors (Lipinski definition) is 0. The Morgan fingerprint density at radius 1 is 1.30 bits per heavy atom. The van der Waals surface area contributed by atoms with Crippen molar-refractivity contribution in [3.8, 4) is 0 Å². The molecule has 0 fully saturated rings. The highest BCUT2D eigenvalue weighted by molar-refractivity contribution is 9.10. The van der Waals surface area contributed by atoms with E-state index in [4.69, 9.17) is 4.42 Å². The molecular weight excluding hydrogens is 393 g/mol. The summed E-state index contributed by atoms with van der Waals surface area (Å²) in [7, 11) is 0. The quantitative estimate of drug-likeness (QED) is 0.745. The maximum absolute atomic E-state index is 13.7. The Labute approximate surface area is 133 Å². The molecule has 0 saturated carbocycles. The van der Waals surface area contributed by atoms with Crippen molar-refractivity contribution in [2.75, 3.05) is 6.54 Å². The molecule has 3 nitrogen and oxygen atoms in total. The third-order valence-corrected chi connectivity index (χ3v) is 3.74. The first-order chi connectivity index (χ1) is 9.51. The van der Waals surface area contributed by atoms with E-state index in [0.29, 0.717) is 16.8 Å². The predicted molar refractivity (Wildman–Crippen MR) is 80.9 cm³/mol. The molecule has 1 aromatic carbocycles. The van der Waals surface area contributed by atoms with Gasteiger partial charge in [0.25, 0.3) is 5.91 Å². The standard InChI is InChI=1S/C14H12Br2FNO2/c1-2-18(14(19)12-5-6-13(16)20-12)8-9-7-10(15)3-4-11(9)17/h3-7H,2,8H2,1H3. The zero-order valence-electron chi connectivity index (χ0n) is 10.7. The molecule has 20 heavy (non-hydrogen) atoms. The Morgan fingerprint density at radius 2 is 2.05 bits per heavy atom. The Kier molecular flexibility index (Phi) is 4.99. The first-order valence-electron chi connectivity index (χ1n) is 5.99. The van der Waals surface area contributed by atoms with Crippen LogP contribution in [0.1, 0.15) is 23.0 Å². The van der Waals surface area contributed by atoms with Gasteiger partial charge in [-0.05, 0) is 53.2 Å².